The van der Waals surface area contributed by atoms with E-state index in [1.165, 1.54) is 0 Å². The predicted octanol–water partition coefficient (Wildman–Crippen LogP) is 5.71. The largest absolute Gasteiger partial charge is 0.466 e. The van der Waals surface area contributed by atoms with Crippen LogP contribution in [0.4, 0.5) is 0 Å². The number of carbonyl (C=O) groups excluding carboxylic acids is 1. The molecule has 0 atom stereocenters. The first-order valence-corrected chi connectivity index (χ1v) is 8.59. The molecule has 3 heteroatoms. The maximum Gasteiger partial charge on any atom is 0.134 e. The summed E-state index contributed by atoms with van der Waals surface area (Å²) < 4.78 is 11.7. The normalized spacial score (nSPS) is 12.7. The number of furan rings is 2. The lowest BCUT2D eigenvalue weighted by Crippen LogP contribution is -2.27. The van der Waals surface area contributed by atoms with E-state index in [2.05, 4.69) is 27.7 Å². The summed E-state index contributed by atoms with van der Waals surface area (Å²) in [6.07, 6.45) is 0.920. The molecule has 0 radical (unpaired) electrons. The topological polar surface area (TPSA) is 43.4 Å². The first-order valence-electron chi connectivity index (χ1n) is 8.59. The molecule has 132 valence electrons. The van der Waals surface area contributed by atoms with Crippen LogP contribution in [0.3, 0.4) is 0 Å². The van der Waals surface area contributed by atoms with Gasteiger partial charge >= 0.3 is 0 Å². The molecule has 0 spiro atoms. The Hall–Kier alpha value is -1.77. The van der Waals surface area contributed by atoms with Crippen LogP contribution in [0, 0.1) is 27.7 Å². The average molecular weight is 330 g/mol. The summed E-state index contributed by atoms with van der Waals surface area (Å²) in [5.41, 5.74) is 1.65. The van der Waals surface area contributed by atoms with E-state index in [4.69, 9.17) is 8.83 Å². The van der Waals surface area contributed by atoms with Gasteiger partial charge in [0.2, 0.25) is 0 Å². The third kappa shape index (κ3) is 3.82. The number of hydrogen-bond donors (Lipinski definition) is 0. The van der Waals surface area contributed by atoms with Crippen molar-refractivity contribution in [3.05, 3.63) is 46.3 Å². The van der Waals surface area contributed by atoms with Crippen LogP contribution in [0.15, 0.2) is 21.0 Å². The van der Waals surface area contributed by atoms with E-state index < -0.39 is 0 Å². The number of ketones is 1. The van der Waals surface area contributed by atoms with E-state index in [1.807, 2.05) is 39.8 Å². The molecule has 0 amide bonds. The fourth-order valence-corrected chi connectivity index (χ4v) is 3.04. The summed E-state index contributed by atoms with van der Waals surface area (Å²) in [6.45, 7) is 16.2. The molecule has 0 aliphatic heterocycles. The van der Waals surface area contributed by atoms with Gasteiger partial charge in [-0.05, 0) is 51.0 Å². The monoisotopic (exact) mass is 330 g/mol. The second-order valence-corrected chi connectivity index (χ2v) is 8.36. The lowest BCUT2D eigenvalue weighted by Gasteiger charge is -2.25. The van der Waals surface area contributed by atoms with Crippen molar-refractivity contribution < 1.29 is 13.6 Å². The maximum atomic E-state index is 12.7. The quantitative estimate of drug-likeness (QED) is 0.681. The van der Waals surface area contributed by atoms with Crippen molar-refractivity contribution in [3.63, 3.8) is 0 Å². The minimum Gasteiger partial charge on any atom is -0.466 e. The molecular weight excluding hydrogens is 300 g/mol. The minimum absolute atomic E-state index is 0.225. The van der Waals surface area contributed by atoms with Gasteiger partial charge in [-0.25, -0.2) is 0 Å². The van der Waals surface area contributed by atoms with E-state index in [-0.39, 0.29) is 16.6 Å². The van der Waals surface area contributed by atoms with Crippen LogP contribution in [-0.4, -0.2) is 5.78 Å². The molecule has 2 rings (SSSR count). The molecule has 3 nitrogen and oxygen atoms in total. The van der Waals surface area contributed by atoms with E-state index in [9.17, 15) is 4.79 Å². The molecule has 0 fully saturated rings. The zero-order valence-corrected chi connectivity index (χ0v) is 16.3. The highest BCUT2D eigenvalue weighted by Gasteiger charge is 2.33. The van der Waals surface area contributed by atoms with Crippen LogP contribution in [-0.2, 0) is 15.6 Å². The van der Waals surface area contributed by atoms with E-state index in [0.29, 0.717) is 12.8 Å². The Morgan fingerprint density at radius 3 is 1.38 bits per heavy atom. The van der Waals surface area contributed by atoms with Gasteiger partial charge in [0.05, 0.1) is 0 Å². The van der Waals surface area contributed by atoms with E-state index in [0.717, 1.165) is 34.2 Å². The first-order chi connectivity index (χ1) is 10.9. The minimum atomic E-state index is -0.304. The summed E-state index contributed by atoms with van der Waals surface area (Å²) in [4.78, 5) is 12.7. The SMILES string of the molecule is Cc1cc(C(C)(C)CC(=O)CC(C)(C)c2cc(C)c(C)o2)oc1C. The molecule has 0 aliphatic rings. The van der Waals surface area contributed by atoms with Crippen molar-refractivity contribution >= 4 is 5.78 Å². The third-order valence-electron chi connectivity index (χ3n) is 4.94. The lowest BCUT2D eigenvalue weighted by molar-refractivity contribution is -0.121. The molecule has 0 aromatic carbocycles. The highest BCUT2D eigenvalue weighted by molar-refractivity contribution is 5.81. The lowest BCUT2D eigenvalue weighted by atomic mass is 9.78. The second-order valence-electron chi connectivity index (χ2n) is 8.36. The summed E-state index contributed by atoms with van der Waals surface area (Å²) in [5.74, 6) is 3.84. The van der Waals surface area contributed by atoms with Gasteiger partial charge in [0, 0.05) is 23.7 Å². The molecule has 0 saturated carbocycles. The molecule has 0 N–H and O–H groups in total. The average Bonchev–Trinajstić information content (AvgIpc) is 2.93. The molecule has 2 aromatic rings. The zero-order chi connectivity index (χ0) is 18.3. The summed E-state index contributed by atoms with van der Waals surface area (Å²) in [5, 5.41) is 0. The van der Waals surface area contributed by atoms with Gasteiger partial charge in [-0.2, -0.15) is 0 Å². The van der Waals surface area contributed by atoms with Crippen molar-refractivity contribution in [1.29, 1.82) is 0 Å². The van der Waals surface area contributed by atoms with Crippen molar-refractivity contribution in [2.24, 2.45) is 0 Å². The standard InChI is InChI=1S/C21H30O3/c1-13-9-18(23-15(13)3)20(5,6)11-17(22)12-21(7,8)19-10-14(2)16(4)24-19/h9-10H,11-12H2,1-8H3. The van der Waals surface area contributed by atoms with Crippen LogP contribution in [0.25, 0.3) is 0 Å². The second kappa shape index (κ2) is 6.27. The fraction of sp³-hybridized carbons (Fsp3) is 0.571. The molecule has 0 aliphatic carbocycles. The Morgan fingerprint density at radius 2 is 1.12 bits per heavy atom. The molecule has 24 heavy (non-hydrogen) atoms. The first kappa shape index (κ1) is 18.6. The van der Waals surface area contributed by atoms with Gasteiger partial charge < -0.3 is 8.83 Å². The van der Waals surface area contributed by atoms with Crippen LogP contribution in [0.1, 0.15) is 74.7 Å². The van der Waals surface area contributed by atoms with Gasteiger partial charge in [-0.15, -0.1) is 0 Å². The van der Waals surface area contributed by atoms with Gasteiger partial charge in [-0.3, -0.25) is 4.79 Å². The number of Topliss-reactive ketones (excluding diaryl/α,β-unsaturated/α-hetero) is 1. The van der Waals surface area contributed by atoms with Crippen LogP contribution in [0.5, 0.6) is 0 Å². The zero-order valence-electron chi connectivity index (χ0n) is 16.3. The van der Waals surface area contributed by atoms with Crippen molar-refractivity contribution in [2.75, 3.05) is 0 Å². The molecular formula is C21H30O3. The highest BCUT2D eigenvalue weighted by Crippen LogP contribution is 2.35. The van der Waals surface area contributed by atoms with Crippen molar-refractivity contribution in [3.8, 4) is 0 Å². The van der Waals surface area contributed by atoms with Gasteiger partial charge in [0.1, 0.15) is 28.8 Å². The Kier molecular flexibility index (Phi) is 4.85. The van der Waals surface area contributed by atoms with Crippen molar-refractivity contribution in [2.45, 2.75) is 79.1 Å². The number of rotatable bonds is 6. The van der Waals surface area contributed by atoms with E-state index >= 15 is 0 Å². The fourth-order valence-electron chi connectivity index (χ4n) is 3.04. The van der Waals surface area contributed by atoms with Crippen molar-refractivity contribution in [1.82, 2.24) is 0 Å². The molecule has 0 saturated heterocycles. The number of carbonyl (C=O) groups is 1. The predicted molar refractivity (Wildman–Crippen MR) is 96.7 cm³/mol. The highest BCUT2D eigenvalue weighted by atomic mass is 16.3. The molecule has 2 aromatic heterocycles. The molecule has 0 bridgehead atoms. The van der Waals surface area contributed by atoms with Gasteiger partial charge in [0.25, 0.3) is 0 Å². The smallest absolute Gasteiger partial charge is 0.134 e. The van der Waals surface area contributed by atoms with E-state index in [1.54, 1.807) is 0 Å². The van der Waals surface area contributed by atoms with Gasteiger partial charge in [-0.1, -0.05) is 27.7 Å². The number of aryl methyl sites for hydroxylation is 4. The summed E-state index contributed by atoms with van der Waals surface area (Å²) in [6, 6.07) is 4.10. The summed E-state index contributed by atoms with van der Waals surface area (Å²) >= 11 is 0. The Balaban J connectivity index is 2.11. The van der Waals surface area contributed by atoms with Gasteiger partial charge in [0.15, 0.2) is 0 Å². The van der Waals surface area contributed by atoms with Crippen LogP contribution < -0.4 is 0 Å². The maximum absolute atomic E-state index is 12.7. The summed E-state index contributed by atoms with van der Waals surface area (Å²) in [7, 11) is 0. The Morgan fingerprint density at radius 1 is 0.792 bits per heavy atom. The number of hydrogen-bond acceptors (Lipinski definition) is 3. The molecule has 2 heterocycles. The molecule has 0 unspecified atom stereocenters. The van der Waals surface area contributed by atoms with Crippen LogP contribution in [0.2, 0.25) is 0 Å². The Bertz CT molecular complexity index is 640. The van der Waals surface area contributed by atoms with Crippen LogP contribution >= 0.6 is 0 Å². The Labute approximate surface area is 145 Å². The third-order valence-corrected chi connectivity index (χ3v) is 4.94.